The van der Waals surface area contributed by atoms with Gasteiger partial charge in [-0.15, -0.1) is 0 Å². The quantitative estimate of drug-likeness (QED) is 0.507. The summed E-state index contributed by atoms with van der Waals surface area (Å²) in [5.74, 6) is 2.05. The van der Waals surface area contributed by atoms with Gasteiger partial charge in [0.15, 0.2) is 0 Å². The van der Waals surface area contributed by atoms with Gasteiger partial charge in [-0.1, -0.05) is 12.1 Å². The van der Waals surface area contributed by atoms with Crippen LogP contribution >= 0.6 is 0 Å². The van der Waals surface area contributed by atoms with Crippen LogP contribution in [0.2, 0.25) is 0 Å². The van der Waals surface area contributed by atoms with Crippen molar-refractivity contribution in [2.24, 2.45) is 0 Å². The van der Waals surface area contributed by atoms with Gasteiger partial charge in [-0.2, -0.15) is 0 Å². The number of nitrogens with one attached hydrogen (secondary N) is 3. The fraction of sp³-hybridized carbons (Fsp3) is 0.300. The van der Waals surface area contributed by atoms with Crippen LogP contribution < -0.4 is 20.7 Å². The molecule has 3 aromatic rings. The lowest BCUT2D eigenvalue weighted by molar-refractivity contribution is 0.252. The Morgan fingerprint density at radius 3 is 2.72 bits per heavy atom. The third kappa shape index (κ3) is 5.22. The Balaban J connectivity index is 1.49. The molecule has 0 radical (unpaired) electrons. The highest BCUT2D eigenvalue weighted by Crippen LogP contribution is 2.23. The number of amides is 2. The van der Waals surface area contributed by atoms with E-state index in [2.05, 4.69) is 30.9 Å². The maximum Gasteiger partial charge on any atom is 0.319 e. The van der Waals surface area contributed by atoms with Crippen molar-refractivity contribution >= 4 is 17.5 Å². The van der Waals surface area contributed by atoms with Crippen LogP contribution in [0.4, 0.5) is 16.3 Å². The standard InChI is InChI=1S/C20H25N7O2/c1-4-29-17-8-6-5-7-16(17)26-20(28)22-10-9-21-18-11-19(24-12-23-18)27-13-25-14(2)15(27)3/h5-8,11-13H,4,9-10H2,1-3H3,(H,21,23,24)(H2,22,26,28). The van der Waals surface area contributed by atoms with Gasteiger partial charge in [0, 0.05) is 24.8 Å². The van der Waals surface area contributed by atoms with Gasteiger partial charge in [0.25, 0.3) is 0 Å². The number of urea groups is 1. The van der Waals surface area contributed by atoms with Gasteiger partial charge in [0.2, 0.25) is 0 Å². The van der Waals surface area contributed by atoms with Crippen LogP contribution in [0.15, 0.2) is 43.0 Å². The largest absolute Gasteiger partial charge is 0.492 e. The monoisotopic (exact) mass is 395 g/mol. The number of hydrogen-bond acceptors (Lipinski definition) is 6. The number of carbonyl (C=O) groups is 1. The zero-order chi connectivity index (χ0) is 20.6. The van der Waals surface area contributed by atoms with Crippen LogP contribution in [-0.4, -0.2) is 45.2 Å². The SMILES string of the molecule is CCOc1ccccc1NC(=O)NCCNc1cc(-n2cnc(C)c2C)ncn1. The smallest absolute Gasteiger partial charge is 0.319 e. The van der Waals surface area contributed by atoms with E-state index in [-0.39, 0.29) is 6.03 Å². The molecule has 2 heterocycles. The summed E-state index contributed by atoms with van der Waals surface area (Å²) < 4.78 is 7.41. The molecule has 0 bridgehead atoms. The number of aryl methyl sites for hydroxylation is 1. The van der Waals surface area contributed by atoms with E-state index in [9.17, 15) is 4.79 Å². The van der Waals surface area contributed by atoms with E-state index in [0.29, 0.717) is 37.0 Å². The zero-order valence-corrected chi connectivity index (χ0v) is 16.8. The van der Waals surface area contributed by atoms with Crippen molar-refractivity contribution in [3.05, 3.63) is 54.4 Å². The Morgan fingerprint density at radius 2 is 1.97 bits per heavy atom. The lowest BCUT2D eigenvalue weighted by atomic mass is 10.3. The van der Waals surface area contributed by atoms with Crippen molar-refractivity contribution in [3.63, 3.8) is 0 Å². The molecular formula is C20H25N7O2. The van der Waals surface area contributed by atoms with Gasteiger partial charge in [-0.05, 0) is 32.9 Å². The number of benzene rings is 1. The summed E-state index contributed by atoms with van der Waals surface area (Å²) in [6.07, 6.45) is 3.24. The molecule has 3 N–H and O–H groups in total. The van der Waals surface area contributed by atoms with Gasteiger partial charge in [-0.3, -0.25) is 4.57 Å². The van der Waals surface area contributed by atoms with E-state index in [4.69, 9.17) is 4.74 Å². The molecule has 29 heavy (non-hydrogen) atoms. The molecule has 9 heteroatoms. The van der Waals surface area contributed by atoms with Crippen LogP contribution in [0, 0.1) is 13.8 Å². The Kier molecular flexibility index (Phi) is 6.62. The average Bonchev–Trinajstić information content (AvgIpc) is 3.06. The summed E-state index contributed by atoms with van der Waals surface area (Å²) in [5, 5.41) is 8.78. The van der Waals surface area contributed by atoms with E-state index in [0.717, 1.165) is 17.2 Å². The molecule has 0 atom stereocenters. The number of ether oxygens (including phenoxy) is 1. The van der Waals surface area contributed by atoms with Crippen LogP contribution in [0.5, 0.6) is 5.75 Å². The van der Waals surface area contributed by atoms with Gasteiger partial charge < -0.3 is 20.7 Å². The topological polar surface area (TPSA) is 106 Å². The zero-order valence-electron chi connectivity index (χ0n) is 16.8. The van der Waals surface area contributed by atoms with Gasteiger partial charge >= 0.3 is 6.03 Å². The first kappa shape index (κ1) is 20.1. The molecule has 0 aliphatic heterocycles. The highest BCUT2D eigenvalue weighted by Gasteiger charge is 2.08. The van der Waals surface area contributed by atoms with E-state index < -0.39 is 0 Å². The molecule has 0 saturated heterocycles. The molecule has 152 valence electrons. The summed E-state index contributed by atoms with van der Waals surface area (Å²) in [5.41, 5.74) is 2.62. The Morgan fingerprint density at radius 1 is 1.14 bits per heavy atom. The average molecular weight is 395 g/mol. The first-order chi connectivity index (χ1) is 14.1. The molecule has 3 rings (SSSR count). The first-order valence-electron chi connectivity index (χ1n) is 9.42. The highest BCUT2D eigenvalue weighted by molar-refractivity contribution is 5.90. The molecule has 0 spiro atoms. The highest BCUT2D eigenvalue weighted by atomic mass is 16.5. The molecule has 0 aliphatic rings. The van der Waals surface area contributed by atoms with Crippen LogP contribution in [0.1, 0.15) is 18.3 Å². The number of aromatic nitrogens is 4. The summed E-state index contributed by atoms with van der Waals surface area (Å²) in [7, 11) is 0. The lowest BCUT2D eigenvalue weighted by Gasteiger charge is -2.12. The van der Waals surface area contributed by atoms with Crippen LogP contribution in [0.3, 0.4) is 0 Å². The number of nitrogens with zero attached hydrogens (tertiary/aromatic N) is 4. The van der Waals surface area contributed by atoms with Crippen molar-refractivity contribution < 1.29 is 9.53 Å². The molecule has 2 amide bonds. The molecule has 2 aromatic heterocycles. The maximum atomic E-state index is 12.1. The van der Waals surface area contributed by atoms with Crippen molar-refractivity contribution in [1.82, 2.24) is 24.8 Å². The molecule has 0 unspecified atom stereocenters. The van der Waals surface area contributed by atoms with Crippen molar-refractivity contribution in [2.45, 2.75) is 20.8 Å². The predicted molar refractivity (Wildman–Crippen MR) is 112 cm³/mol. The van der Waals surface area contributed by atoms with Gasteiger partial charge in [0.1, 0.15) is 30.0 Å². The molecule has 9 nitrogen and oxygen atoms in total. The van der Waals surface area contributed by atoms with E-state index in [1.54, 1.807) is 12.4 Å². The maximum absolute atomic E-state index is 12.1. The normalized spacial score (nSPS) is 10.4. The van der Waals surface area contributed by atoms with Gasteiger partial charge in [-0.25, -0.2) is 19.7 Å². The first-order valence-corrected chi connectivity index (χ1v) is 9.42. The second-order valence-electron chi connectivity index (χ2n) is 6.28. The number of carbonyl (C=O) groups excluding carboxylic acids is 1. The fourth-order valence-electron chi connectivity index (χ4n) is 2.69. The minimum absolute atomic E-state index is 0.299. The Hall–Kier alpha value is -3.62. The van der Waals surface area contributed by atoms with Gasteiger partial charge in [0.05, 0.1) is 18.0 Å². The van der Waals surface area contributed by atoms with Crippen LogP contribution in [0.25, 0.3) is 5.82 Å². The molecular weight excluding hydrogens is 370 g/mol. The van der Waals surface area contributed by atoms with E-state index >= 15 is 0 Å². The molecule has 0 saturated carbocycles. The third-order valence-electron chi connectivity index (χ3n) is 4.30. The number of anilines is 2. The van der Waals surface area contributed by atoms with Crippen molar-refractivity contribution in [3.8, 4) is 11.6 Å². The second-order valence-corrected chi connectivity index (χ2v) is 6.28. The van der Waals surface area contributed by atoms with E-state index in [1.807, 2.05) is 49.6 Å². The summed E-state index contributed by atoms with van der Waals surface area (Å²) in [6.45, 7) is 7.31. The number of rotatable bonds is 8. The molecule has 0 aliphatic carbocycles. The minimum Gasteiger partial charge on any atom is -0.492 e. The fourth-order valence-corrected chi connectivity index (χ4v) is 2.69. The van der Waals surface area contributed by atoms with Crippen molar-refractivity contribution in [2.75, 3.05) is 30.3 Å². The molecule has 1 aromatic carbocycles. The lowest BCUT2D eigenvalue weighted by Crippen LogP contribution is -2.32. The van der Waals surface area contributed by atoms with E-state index in [1.165, 1.54) is 6.33 Å². The third-order valence-corrected chi connectivity index (χ3v) is 4.30. The summed E-state index contributed by atoms with van der Waals surface area (Å²) in [6, 6.07) is 8.86. The van der Waals surface area contributed by atoms with Crippen LogP contribution in [-0.2, 0) is 0 Å². The minimum atomic E-state index is -0.299. The number of hydrogen-bond donors (Lipinski definition) is 3. The predicted octanol–water partition coefficient (Wildman–Crippen LogP) is 2.91. The number of imidazole rings is 1. The van der Waals surface area contributed by atoms with Crippen molar-refractivity contribution in [1.29, 1.82) is 0 Å². The molecule has 0 fully saturated rings. The summed E-state index contributed by atoms with van der Waals surface area (Å²) >= 11 is 0. The summed E-state index contributed by atoms with van der Waals surface area (Å²) in [4.78, 5) is 24.9. The Bertz CT molecular complexity index is 971. The Labute approximate surface area is 169 Å². The second kappa shape index (κ2) is 9.54. The number of para-hydroxylation sites is 2.